The van der Waals surface area contributed by atoms with Gasteiger partial charge in [-0.05, 0) is 18.2 Å². The fraction of sp³-hybridized carbons (Fsp3) is 0.333. The lowest BCUT2D eigenvalue weighted by molar-refractivity contribution is 0.319. The zero-order valence-electron chi connectivity index (χ0n) is 8.28. The minimum absolute atomic E-state index is 0.0819. The van der Waals surface area contributed by atoms with Gasteiger partial charge in [0.25, 0.3) is 0 Å². The number of nitrogens with one attached hydrogen (secondary N) is 1. The number of benzene rings is 1. The van der Waals surface area contributed by atoms with Gasteiger partial charge in [0.05, 0.1) is 12.4 Å². The molecule has 0 aromatic heterocycles. The van der Waals surface area contributed by atoms with Gasteiger partial charge in [-0.1, -0.05) is 0 Å². The number of hydrogen-bond donors (Lipinski definition) is 2. The second-order valence-electron chi connectivity index (χ2n) is 3.10. The van der Waals surface area contributed by atoms with Gasteiger partial charge in [-0.15, -0.1) is 0 Å². The van der Waals surface area contributed by atoms with E-state index in [4.69, 9.17) is 5.11 Å². The van der Waals surface area contributed by atoms with Crippen molar-refractivity contribution in [1.29, 1.82) is 0 Å². The number of aliphatic hydroxyl groups excluding tert-OH is 1. The largest absolute Gasteiger partial charge is 0.395 e. The molecule has 0 aliphatic heterocycles. The van der Waals surface area contributed by atoms with Crippen LogP contribution in [0.25, 0.3) is 0 Å². The standard InChI is InChI=1S/C9H11F2NO3S/c10-8-1-2-9(11)7(5-8)6-12-16(14,15)4-3-13/h1-2,5,12-13H,3-4,6H2. The average molecular weight is 251 g/mol. The van der Waals surface area contributed by atoms with Crippen LogP contribution in [0, 0.1) is 11.6 Å². The summed E-state index contributed by atoms with van der Waals surface area (Å²) in [4.78, 5) is 0. The Morgan fingerprint density at radius 1 is 1.31 bits per heavy atom. The van der Waals surface area contributed by atoms with Gasteiger partial charge >= 0.3 is 0 Å². The van der Waals surface area contributed by atoms with Crippen molar-refractivity contribution in [3.8, 4) is 0 Å². The van der Waals surface area contributed by atoms with E-state index in [2.05, 4.69) is 0 Å². The van der Waals surface area contributed by atoms with Crippen LogP contribution < -0.4 is 4.72 Å². The van der Waals surface area contributed by atoms with Gasteiger partial charge in [-0.3, -0.25) is 0 Å². The van der Waals surface area contributed by atoms with Crippen LogP contribution in [0.1, 0.15) is 5.56 Å². The highest BCUT2D eigenvalue weighted by atomic mass is 32.2. The molecule has 16 heavy (non-hydrogen) atoms. The molecule has 0 radical (unpaired) electrons. The molecule has 0 spiro atoms. The first-order valence-corrected chi connectivity index (χ1v) is 6.12. The third-order valence-electron chi connectivity index (χ3n) is 1.85. The molecule has 0 saturated heterocycles. The predicted molar refractivity (Wildman–Crippen MR) is 54.1 cm³/mol. The summed E-state index contributed by atoms with van der Waals surface area (Å²) in [5, 5.41) is 8.44. The second-order valence-corrected chi connectivity index (χ2v) is 5.03. The molecule has 4 nitrogen and oxygen atoms in total. The van der Waals surface area contributed by atoms with Gasteiger partial charge in [0.2, 0.25) is 10.0 Å². The van der Waals surface area contributed by atoms with Crippen LogP contribution in [0.15, 0.2) is 18.2 Å². The van der Waals surface area contributed by atoms with E-state index in [1.54, 1.807) is 0 Å². The average Bonchev–Trinajstić information content (AvgIpc) is 2.19. The molecular formula is C9H11F2NO3S. The van der Waals surface area contributed by atoms with E-state index in [1.165, 1.54) is 0 Å². The molecule has 0 fully saturated rings. The molecule has 1 rings (SSSR count). The van der Waals surface area contributed by atoms with Crippen LogP contribution in [0.3, 0.4) is 0 Å². The molecule has 0 atom stereocenters. The Hall–Kier alpha value is -1.05. The van der Waals surface area contributed by atoms with E-state index >= 15 is 0 Å². The van der Waals surface area contributed by atoms with E-state index in [1.807, 2.05) is 4.72 Å². The molecule has 1 aromatic carbocycles. The van der Waals surface area contributed by atoms with Crippen LogP contribution in [-0.2, 0) is 16.6 Å². The number of hydrogen-bond acceptors (Lipinski definition) is 3. The topological polar surface area (TPSA) is 66.4 Å². The molecule has 0 saturated carbocycles. The summed E-state index contributed by atoms with van der Waals surface area (Å²) in [6.45, 7) is -0.868. The summed E-state index contributed by atoms with van der Waals surface area (Å²) < 4.78 is 50.1. The summed E-state index contributed by atoms with van der Waals surface area (Å²) in [5.41, 5.74) is -0.0819. The number of rotatable bonds is 5. The van der Waals surface area contributed by atoms with Crippen LogP contribution in [0.2, 0.25) is 0 Å². The van der Waals surface area contributed by atoms with Crippen molar-refractivity contribution in [3.63, 3.8) is 0 Å². The van der Waals surface area contributed by atoms with Crippen molar-refractivity contribution in [1.82, 2.24) is 4.72 Å². The summed E-state index contributed by atoms with van der Waals surface area (Å²) in [7, 11) is -3.65. The van der Waals surface area contributed by atoms with E-state index in [-0.39, 0.29) is 12.1 Å². The molecule has 0 aliphatic carbocycles. The van der Waals surface area contributed by atoms with Gasteiger partial charge in [0.15, 0.2) is 0 Å². The molecule has 0 unspecified atom stereocenters. The molecular weight excluding hydrogens is 240 g/mol. The highest BCUT2D eigenvalue weighted by molar-refractivity contribution is 7.89. The lowest BCUT2D eigenvalue weighted by Crippen LogP contribution is -2.27. The monoisotopic (exact) mass is 251 g/mol. The van der Waals surface area contributed by atoms with Crippen LogP contribution >= 0.6 is 0 Å². The maximum absolute atomic E-state index is 13.1. The smallest absolute Gasteiger partial charge is 0.214 e. The molecule has 1 aromatic rings. The third kappa shape index (κ3) is 3.84. The van der Waals surface area contributed by atoms with E-state index < -0.39 is 34.0 Å². The Morgan fingerprint density at radius 2 is 2.00 bits per heavy atom. The first-order chi connectivity index (χ1) is 7.44. The van der Waals surface area contributed by atoms with Gasteiger partial charge in [0.1, 0.15) is 11.6 Å². The maximum atomic E-state index is 13.1. The normalized spacial score (nSPS) is 11.7. The van der Waals surface area contributed by atoms with Crippen molar-refractivity contribution >= 4 is 10.0 Å². The first-order valence-electron chi connectivity index (χ1n) is 4.47. The van der Waals surface area contributed by atoms with E-state index in [0.29, 0.717) is 0 Å². The zero-order valence-corrected chi connectivity index (χ0v) is 9.10. The summed E-state index contributed by atoms with van der Waals surface area (Å²) in [6, 6.07) is 2.78. The Labute approximate surface area is 92.0 Å². The van der Waals surface area contributed by atoms with E-state index in [9.17, 15) is 17.2 Å². The van der Waals surface area contributed by atoms with Crippen LogP contribution in [0.4, 0.5) is 8.78 Å². The summed E-state index contributed by atoms with van der Waals surface area (Å²) in [6.07, 6.45) is 0. The Morgan fingerprint density at radius 3 is 2.62 bits per heavy atom. The van der Waals surface area contributed by atoms with Crippen molar-refractivity contribution in [3.05, 3.63) is 35.4 Å². The lowest BCUT2D eigenvalue weighted by atomic mass is 10.2. The zero-order chi connectivity index (χ0) is 12.2. The highest BCUT2D eigenvalue weighted by Gasteiger charge is 2.11. The van der Waals surface area contributed by atoms with Gasteiger partial charge in [0, 0.05) is 12.1 Å². The van der Waals surface area contributed by atoms with Gasteiger partial charge in [-0.25, -0.2) is 21.9 Å². The first kappa shape index (κ1) is 13.0. The fourth-order valence-electron chi connectivity index (χ4n) is 1.06. The number of aliphatic hydroxyl groups is 1. The molecule has 0 amide bonds. The van der Waals surface area contributed by atoms with Crippen LogP contribution in [0.5, 0.6) is 0 Å². The Balaban J connectivity index is 2.71. The quantitative estimate of drug-likeness (QED) is 0.795. The molecule has 0 heterocycles. The van der Waals surface area contributed by atoms with E-state index in [0.717, 1.165) is 18.2 Å². The molecule has 0 bridgehead atoms. The highest BCUT2D eigenvalue weighted by Crippen LogP contribution is 2.09. The lowest BCUT2D eigenvalue weighted by Gasteiger charge is -2.06. The van der Waals surface area contributed by atoms with Gasteiger partial charge in [-0.2, -0.15) is 0 Å². The molecule has 2 N–H and O–H groups in total. The summed E-state index contributed by atoms with van der Waals surface area (Å²) in [5.74, 6) is -1.80. The van der Waals surface area contributed by atoms with Crippen molar-refractivity contribution < 1.29 is 22.3 Å². The second kappa shape index (κ2) is 5.33. The maximum Gasteiger partial charge on any atom is 0.214 e. The van der Waals surface area contributed by atoms with Crippen LogP contribution in [-0.4, -0.2) is 25.9 Å². The predicted octanol–water partition coefficient (Wildman–Crippen LogP) is 0.377. The molecule has 7 heteroatoms. The van der Waals surface area contributed by atoms with Gasteiger partial charge < -0.3 is 5.11 Å². The Kier molecular flexibility index (Phi) is 4.34. The Bertz CT molecular complexity index is 462. The fourth-order valence-corrected chi connectivity index (χ4v) is 1.82. The number of halogens is 2. The minimum atomic E-state index is -3.65. The van der Waals surface area contributed by atoms with Crippen molar-refractivity contribution in [2.75, 3.05) is 12.4 Å². The number of sulfonamides is 1. The minimum Gasteiger partial charge on any atom is -0.395 e. The summed E-state index contributed by atoms with van der Waals surface area (Å²) >= 11 is 0. The van der Waals surface area contributed by atoms with Crippen molar-refractivity contribution in [2.45, 2.75) is 6.54 Å². The third-order valence-corrected chi connectivity index (χ3v) is 3.15. The SMILES string of the molecule is O=S(=O)(CCO)NCc1cc(F)ccc1F. The molecule has 90 valence electrons. The molecule has 0 aliphatic rings. The van der Waals surface area contributed by atoms with Crippen molar-refractivity contribution in [2.24, 2.45) is 0 Å².